The lowest BCUT2D eigenvalue weighted by molar-refractivity contribution is -0.122. The van der Waals surface area contributed by atoms with Gasteiger partial charge in [0.05, 0.1) is 29.3 Å². The number of thioether (sulfide) groups is 2. The first-order valence-corrected chi connectivity index (χ1v) is 12.3. The van der Waals surface area contributed by atoms with Gasteiger partial charge in [-0.2, -0.15) is 0 Å². The maximum Gasteiger partial charge on any atom is 0.266 e. The lowest BCUT2D eigenvalue weighted by Crippen LogP contribution is -2.27. The number of carbonyl (C=O) groups excluding carboxylic acids is 1. The predicted octanol–water partition coefficient (Wildman–Crippen LogP) is 6.19. The average Bonchev–Trinajstić information content (AvgIpc) is 3.28. The molecule has 0 spiro atoms. The minimum Gasteiger partial charge on any atom is -0.497 e. The number of nitrogens with zero attached hydrogens (tertiary/aromatic N) is 2. The number of rotatable bonds is 6. The Kier molecular flexibility index (Phi) is 6.74. The molecular weight excluding hydrogens is 444 g/mol. The van der Waals surface area contributed by atoms with Crippen LogP contribution in [-0.4, -0.2) is 28.8 Å². The zero-order valence-electron chi connectivity index (χ0n) is 17.8. The third-order valence-electron chi connectivity index (χ3n) is 5.26. The molecule has 4 nitrogen and oxygen atoms in total. The summed E-state index contributed by atoms with van der Waals surface area (Å²) >= 11 is 8.69. The molecule has 0 radical (unpaired) electrons. The monoisotopic (exact) mass is 468 g/mol. The summed E-state index contributed by atoms with van der Waals surface area (Å²) in [6.45, 7) is 5.56. The minimum atomic E-state index is -0.00205. The quantitative estimate of drug-likeness (QED) is 0.371. The van der Waals surface area contributed by atoms with Gasteiger partial charge < -0.3 is 9.64 Å². The third kappa shape index (κ3) is 4.40. The van der Waals surface area contributed by atoms with E-state index >= 15 is 0 Å². The molecule has 2 aromatic carbocycles. The second kappa shape index (κ2) is 9.51. The van der Waals surface area contributed by atoms with Crippen molar-refractivity contribution < 1.29 is 9.53 Å². The molecule has 4 rings (SSSR count). The van der Waals surface area contributed by atoms with E-state index < -0.39 is 0 Å². The summed E-state index contributed by atoms with van der Waals surface area (Å²) in [4.78, 5) is 19.1. The zero-order chi connectivity index (χ0) is 22.0. The highest BCUT2D eigenvalue weighted by atomic mass is 32.2. The van der Waals surface area contributed by atoms with E-state index in [1.54, 1.807) is 23.8 Å². The summed E-state index contributed by atoms with van der Waals surface area (Å²) in [5.74, 6) is 0.842. The highest BCUT2D eigenvalue weighted by Crippen LogP contribution is 2.48. The van der Waals surface area contributed by atoms with Crippen LogP contribution in [0.15, 0.2) is 75.0 Å². The van der Waals surface area contributed by atoms with Gasteiger partial charge >= 0.3 is 0 Å². The Hall–Kier alpha value is -2.22. The van der Waals surface area contributed by atoms with Crippen LogP contribution >= 0.6 is 35.7 Å². The number of benzene rings is 2. The normalized spacial score (nSPS) is 18.7. The number of anilines is 1. The average molecular weight is 469 g/mol. The van der Waals surface area contributed by atoms with Crippen molar-refractivity contribution in [2.24, 2.45) is 0 Å². The molecule has 2 heterocycles. The van der Waals surface area contributed by atoms with Crippen molar-refractivity contribution in [1.82, 2.24) is 4.90 Å². The van der Waals surface area contributed by atoms with Crippen molar-refractivity contribution in [1.29, 1.82) is 0 Å². The first-order valence-electron chi connectivity index (χ1n) is 10.2. The van der Waals surface area contributed by atoms with Crippen LogP contribution in [0.1, 0.15) is 25.8 Å². The number of thiocarbonyl (C=S) groups is 1. The number of methoxy groups -OCH3 is 1. The fraction of sp³-hybridized carbons (Fsp3) is 0.250. The smallest absolute Gasteiger partial charge is 0.266 e. The van der Waals surface area contributed by atoms with E-state index in [9.17, 15) is 4.79 Å². The number of hydrogen-bond donors (Lipinski definition) is 0. The van der Waals surface area contributed by atoms with Gasteiger partial charge in [-0.15, -0.1) is 0 Å². The SMILES string of the molecule is CCC(/C=C1\Sc2ccc(OC)cc2N1CC)=C1\SC(=S)N(Cc2ccccc2)C1=O. The summed E-state index contributed by atoms with van der Waals surface area (Å²) in [5.41, 5.74) is 3.24. The van der Waals surface area contributed by atoms with Crippen molar-refractivity contribution in [2.75, 3.05) is 18.6 Å². The van der Waals surface area contributed by atoms with Crippen LogP contribution in [0.4, 0.5) is 5.69 Å². The van der Waals surface area contributed by atoms with Crippen molar-refractivity contribution in [3.63, 3.8) is 0 Å². The maximum atomic E-state index is 13.2. The molecular formula is C24H24N2O2S3. The number of fused-ring (bicyclic) bond motifs is 1. The van der Waals surface area contributed by atoms with Crippen molar-refractivity contribution in [2.45, 2.75) is 31.7 Å². The summed E-state index contributed by atoms with van der Waals surface area (Å²) in [6, 6.07) is 16.1. The number of carbonyl (C=O) groups is 1. The van der Waals surface area contributed by atoms with E-state index in [-0.39, 0.29) is 5.91 Å². The molecule has 1 amide bonds. The first kappa shape index (κ1) is 22.0. The van der Waals surface area contributed by atoms with Gasteiger partial charge in [0.25, 0.3) is 5.91 Å². The fourth-order valence-electron chi connectivity index (χ4n) is 3.62. The van der Waals surface area contributed by atoms with Crippen LogP contribution in [0.2, 0.25) is 0 Å². The van der Waals surface area contributed by atoms with Gasteiger partial charge in [0.1, 0.15) is 10.1 Å². The third-order valence-corrected chi connectivity index (χ3v) is 7.88. The molecule has 0 saturated carbocycles. The summed E-state index contributed by atoms with van der Waals surface area (Å²) in [5, 5.41) is 1.12. The Morgan fingerprint density at radius 3 is 2.55 bits per heavy atom. The molecule has 0 atom stereocenters. The van der Waals surface area contributed by atoms with Gasteiger partial charge in [-0.05, 0) is 42.7 Å². The van der Waals surface area contributed by atoms with Crippen LogP contribution in [-0.2, 0) is 11.3 Å². The molecule has 1 fully saturated rings. The number of ether oxygens (including phenoxy) is 1. The summed E-state index contributed by atoms with van der Waals surface area (Å²) < 4.78 is 6.02. The topological polar surface area (TPSA) is 32.8 Å². The van der Waals surface area contributed by atoms with Crippen LogP contribution in [0, 0.1) is 0 Å². The van der Waals surface area contributed by atoms with E-state index in [0.29, 0.717) is 10.9 Å². The first-order chi connectivity index (χ1) is 15.0. The summed E-state index contributed by atoms with van der Waals surface area (Å²) in [7, 11) is 1.68. The Morgan fingerprint density at radius 2 is 1.87 bits per heavy atom. The molecule has 7 heteroatoms. The largest absolute Gasteiger partial charge is 0.497 e. The fourth-order valence-corrected chi connectivity index (χ4v) is 6.15. The molecule has 160 valence electrons. The second-order valence-electron chi connectivity index (χ2n) is 7.12. The second-order valence-corrected chi connectivity index (χ2v) is 9.82. The number of amides is 1. The van der Waals surface area contributed by atoms with Gasteiger partial charge in [0, 0.05) is 17.5 Å². The van der Waals surface area contributed by atoms with Gasteiger partial charge in [-0.25, -0.2) is 0 Å². The Morgan fingerprint density at radius 1 is 1.10 bits per heavy atom. The minimum absolute atomic E-state index is 0.00205. The van der Waals surface area contributed by atoms with Gasteiger partial charge in [-0.3, -0.25) is 9.69 Å². The molecule has 0 aliphatic carbocycles. The molecule has 2 aromatic rings. The van der Waals surface area contributed by atoms with Crippen molar-refractivity contribution in [3.05, 3.63) is 75.7 Å². The highest BCUT2D eigenvalue weighted by molar-refractivity contribution is 8.26. The van der Waals surface area contributed by atoms with E-state index in [1.807, 2.05) is 36.4 Å². The van der Waals surface area contributed by atoms with E-state index in [2.05, 4.69) is 37.0 Å². The van der Waals surface area contributed by atoms with Gasteiger partial charge in [0.15, 0.2) is 0 Å². The Balaban J connectivity index is 1.64. The maximum absolute atomic E-state index is 13.2. The molecule has 0 unspecified atom stereocenters. The molecule has 0 aromatic heterocycles. The lowest BCUT2D eigenvalue weighted by Gasteiger charge is -2.19. The van der Waals surface area contributed by atoms with Crippen LogP contribution < -0.4 is 9.64 Å². The molecule has 31 heavy (non-hydrogen) atoms. The van der Waals surface area contributed by atoms with Crippen molar-refractivity contribution >= 4 is 51.7 Å². The predicted molar refractivity (Wildman–Crippen MR) is 134 cm³/mol. The van der Waals surface area contributed by atoms with E-state index in [0.717, 1.165) is 45.5 Å². The molecule has 1 saturated heterocycles. The molecule has 2 aliphatic heterocycles. The zero-order valence-corrected chi connectivity index (χ0v) is 20.2. The van der Waals surface area contributed by atoms with Gasteiger partial charge in [-0.1, -0.05) is 73.0 Å². The standard InChI is InChI=1S/C24H24N2O2S3/c1-4-17(13-21-25(5-2)19-14-18(28-3)11-12-20(19)30-21)22-23(27)26(24(29)31-22)15-16-9-7-6-8-10-16/h6-14H,4-5,15H2,1-3H3/b21-13-,22-17+. The number of allylic oxidation sites excluding steroid dienone is 2. The Bertz CT molecular complexity index is 1080. The molecule has 2 aliphatic rings. The van der Waals surface area contributed by atoms with E-state index in [1.165, 1.54) is 16.7 Å². The Labute approximate surface area is 197 Å². The summed E-state index contributed by atoms with van der Waals surface area (Å²) in [6.07, 6.45) is 2.91. The number of hydrogen-bond acceptors (Lipinski definition) is 6. The highest BCUT2D eigenvalue weighted by Gasteiger charge is 2.34. The van der Waals surface area contributed by atoms with Crippen molar-refractivity contribution in [3.8, 4) is 5.75 Å². The van der Waals surface area contributed by atoms with Crippen LogP contribution in [0.3, 0.4) is 0 Å². The van der Waals surface area contributed by atoms with Crippen LogP contribution in [0.25, 0.3) is 0 Å². The van der Waals surface area contributed by atoms with Crippen LogP contribution in [0.5, 0.6) is 5.75 Å². The molecule has 0 N–H and O–H groups in total. The lowest BCUT2D eigenvalue weighted by atomic mass is 10.1. The van der Waals surface area contributed by atoms with Gasteiger partial charge in [0.2, 0.25) is 0 Å². The van der Waals surface area contributed by atoms with E-state index in [4.69, 9.17) is 17.0 Å². The molecule has 0 bridgehead atoms.